The Balaban J connectivity index is 2.13. The standard InChI is InChI=1S/C10H16N2O5S/c1-7-9(8(2)17-12-7)18(14,15)11-5-10(13)3-4-16-6-10/h11,13H,3-6H2,1-2H3. The van der Waals surface area contributed by atoms with Crippen LogP contribution in [0.2, 0.25) is 0 Å². The number of rotatable bonds is 4. The lowest BCUT2D eigenvalue weighted by molar-refractivity contribution is 0.0314. The Morgan fingerprint density at radius 3 is 2.72 bits per heavy atom. The highest BCUT2D eigenvalue weighted by Gasteiger charge is 2.34. The summed E-state index contributed by atoms with van der Waals surface area (Å²) in [4.78, 5) is 0.0324. The van der Waals surface area contributed by atoms with Crippen LogP contribution in [-0.4, -0.2) is 44.0 Å². The average molecular weight is 276 g/mol. The van der Waals surface area contributed by atoms with Gasteiger partial charge in [-0.1, -0.05) is 5.16 Å². The van der Waals surface area contributed by atoms with E-state index in [0.29, 0.717) is 18.7 Å². The number of aromatic nitrogens is 1. The molecule has 0 saturated carbocycles. The van der Waals surface area contributed by atoms with E-state index >= 15 is 0 Å². The van der Waals surface area contributed by atoms with Crippen LogP contribution in [0.1, 0.15) is 17.9 Å². The maximum atomic E-state index is 12.1. The van der Waals surface area contributed by atoms with Gasteiger partial charge in [-0.3, -0.25) is 0 Å². The van der Waals surface area contributed by atoms with Crippen LogP contribution < -0.4 is 4.72 Å². The number of aryl methyl sites for hydroxylation is 2. The Labute approximate surface area is 105 Å². The predicted octanol–water partition coefficient (Wildman–Crippen LogP) is -0.279. The fraction of sp³-hybridized carbons (Fsp3) is 0.700. The zero-order chi connectivity index (χ0) is 13.4. The number of nitrogens with one attached hydrogen (secondary N) is 1. The van der Waals surface area contributed by atoms with E-state index in [4.69, 9.17) is 9.26 Å². The van der Waals surface area contributed by atoms with E-state index in [2.05, 4.69) is 9.88 Å². The van der Waals surface area contributed by atoms with Crippen molar-refractivity contribution in [1.82, 2.24) is 9.88 Å². The second-order valence-electron chi connectivity index (χ2n) is 4.50. The van der Waals surface area contributed by atoms with E-state index in [1.54, 1.807) is 6.92 Å². The molecule has 1 aliphatic heterocycles. The van der Waals surface area contributed by atoms with Crippen LogP contribution in [0.5, 0.6) is 0 Å². The predicted molar refractivity (Wildman–Crippen MR) is 61.6 cm³/mol. The second kappa shape index (κ2) is 4.61. The molecule has 0 aromatic carbocycles. The Bertz CT molecular complexity index is 511. The van der Waals surface area contributed by atoms with Gasteiger partial charge >= 0.3 is 0 Å². The maximum Gasteiger partial charge on any atom is 0.246 e. The maximum absolute atomic E-state index is 12.1. The molecule has 1 fully saturated rings. The van der Waals surface area contributed by atoms with Gasteiger partial charge in [-0.2, -0.15) is 0 Å². The van der Waals surface area contributed by atoms with Gasteiger partial charge in [0, 0.05) is 19.6 Å². The van der Waals surface area contributed by atoms with Crippen LogP contribution in [0.3, 0.4) is 0 Å². The molecule has 0 radical (unpaired) electrons. The largest absolute Gasteiger partial charge is 0.386 e. The lowest BCUT2D eigenvalue weighted by Crippen LogP contribution is -2.43. The van der Waals surface area contributed by atoms with Crippen LogP contribution in [0.15, 0.2) is 9.42 Å². The van der Waals surface area contributed by atoms with Crippen LogP contribution in [0.25, 0.3) is 0 Å². The molecule has 18 heavy (non-hydrogen) atoms. The van der Waals surface area contributed by atoms with Gasteiger partial charge in [0.15, 0.2) is 5.76 Å². The molecule has 1 saturated heterocycles. The van der Waals surface area contributed by atoms with Crippen molar-refractivity contribution in [2.45, 2.75) is 30.8 Å². The summed E-state index contributed by atoms with van der Waals surface area (Å²) in [7, 11) is -3.73. The summed E-state index contributed by atoms with van der Waals surface area (Å²) in [5.41, 5.74) is -0.832. The number of hydrogen-bond acceptors (Lipinski definition) is 6. The van der Waals surface area contributed by atoms with Gasteiger partial charge in [0.05, 0.1) is 6.61 Å². The Hall–Kier alpha value is -0.960. The first-order valence-electron chi connectivity index (χ1n) is 5.57. The number of ether oxygens (including phenoxy) is 1. The Morgan fingerprint density at radius 2 is 2.22 bits per heavy atom. The summed E-state index contributed by atoms with van der Waals surface area (Å²) in [5.74, 6) is 0.231. The third-order valence-corrected chi connectivity index (χ3v) is 4.56. The van der Waals surface area contributed by atoms with E-state index in [9.17, 15) is 13.5 Å². The van der Waals surface area contributed by atoms with Crippen molar-refractivity contribution in [2.75, 3.05) is 19.8 Å². The molecule has 102 valence electrons. The first-order chi connectivity index (χ1) is 8.34. The summed E-state index contributed by atoms with van der Waals surface area (Å²) in [6.45, 7) is 3.57. The Kier molecular flexibility index (Phi) is 3.45. The smallest absolute Gasteiger partial charge is 0.246 e. The highest BCUT2D eigenvalue weighted by atomic mass is 32.2. The molecule has 0 spiro atoms. The van der Waals surface area contributed by atoms with Gasteiger partial charge < -0.3 is 14.4 Å². The van der Waals surface area contributed by atoms with Crippen molar-refractivity contribution >= 4 is 10.0 Å². The number of sulfonamides is 1. The van der Waals surface area contributed by atoms with Crippen molar-refractivity contribution in [3.05, 3.63) is 11.5 Å². The molecule has 1 aromatic rings. The number of hydrogen-bond donors (Lipinski definition) is 2. The minimum Gasteiger partial charge on any atom is -0.386 e. The molecule has 1 unspecified atom stereocenters. The molecular weight excluding hydrogens is 260 g/mol. The molecule has 1 aromatic heterocycles. The van der Waals surface area contributed by atoms with E-state index in [1.165, 1.54) is 6.92 Å². The summed E-state index contributed by atoms with van der Waals surface area (Å²) >= 11 is 0. The zero-order valence-corrected chi connectivity index (χ0v) is 11.1. The summed E-state index contributed by atoms with van der Waals surface area (Å²) < 4.78 is 36.4. The van der Waals surface area contributed by atoms with Crippen LogP contribution in [0.4, 0.5) is 0 Å². The molecular formula is C10H16N2O5S. The lowest BCUT2D eigenvalue weighted by atomic mass is 10.1. The van der Waals surface area contributed by atoms with Gasteiger partial charge in [0.2, 0.25) is 10.0 Å². The van der Waals surface area contributed by atoms with E-state index in [0.717, 1.165) is 0 Å². The van der Waals surface area contributed by atoms with Crippen molar-refractivity contribution in [3.63, 3.8) is 0 Å². The topological polar surface area (TPSA) is 102 Å². The number of nitrogens with zero attached hydrogens (tertiary/aromatic N) is 1. The monoisotopic (exact) mass is 276 g/mol. The minimum absolute atomic E-state index is 0.0324. The molecule has 1 aliphatic rings. The highest BCUT2D eigenvalue weighted by molar-refractivity contribution is 7.89. The van der Waals surface area contributed by atoms with Crippen LogP contribution >= 0.6 is 0 Å². The molecule has 2 heterocycles. The molecule has 2 N–H and O–H groups in total. The zero-order valence-electron chi connectivity index (χ0n) is 10.3. The fourth-order valence-corrected chi connectivity index (χ4v) is 3.34. The van der Waals surface area contributed by atoms with Crippen molar-refractivity contribution < 1.29 is 22.8 Å². The van der Waals surface area contributed by atoms with Gasteiger partial charge in [-0.05, 0) is 13.8 Å². The van der Waals surface area contributed by atoms with Crippen molar-refractivity contribution in [3.8, 4) is 0 Å². The van der Waals surface area contributed by atoms with Crippen molar-refractivity contribution in [1.29, 1.82) is 0 Å². The van der Waals surface area contributed by atoms with Crippen LogP contribution in [0, 0.1) is 13.8 Å². The number of aliphatic hydroxyl groups is 1. The second-order valence-corrected chi connectivity index (χ2v) is 6.21. The molecule has 0 aliphatic carbocycles. The van der Waals surface area contributed by atoms with E-state index in [-0.39, 0.29) is 23.8 Å². The van der Waals surface area contributed by atoms with E-state index in [1.807, 2.05) is 0 Å². The highest BCUT2D eigenvalue weighted by Crippen LogP contribution is 2.21. The minimum atomic E-state index is -3.73. The Morgan fingerprint density at radius 1 is 1.50 bits per heavy atom. The summed E-state index contributed by atoms with van der Waals surface area (Å²) in [5, 5.41) is 13.6. The molecule has 1 atom stereocenters. The first kappa shape index (κ1) is 13.5. The third-order valence-electron chi connectivity index (χ3n) is 2.91. The molecule has 2 rings (SSSR count). The molecule has 7 nitrogen and oxygen atoms in total. The lowest BCUT2D eigenvalue weighted by Gasteiger charge is -2.20. The van der Waals surface area contributed by atoms with Gasteiger partial charge in [-0.15, -0.1) is 0 Å². The molecule has 0 bridgehead atoms. The van der Waals surface area contributed by atoms with Crippen molar-refractivity contribution in [2.24, 2.45) is 0 Å². The van der Waals surface area contributed by atoms with Gasteiger partial charge in [-0.25, -0.2) is 13.1 Å². The van der Waals surface area contributed by atoms with E-state index < -0.39 is 15.6 Å². The first-order valence-corrected chi connectivity index (χ1v) is 7.05. The quantitative estimate of drug-likeness (QED) is 0.784. The normalized spacial score (nSPS) is 24.6. The van der Waals surface area contributed by atoms with Gasteiger partial charge in [0.1, 0.15) is 16.2 Å². The SMILES string of the molecule is Cc1noc(C)c1S(=O)(=O)NCC1(O)CCOC1. The fourth-order valence-electron chi connectivity index (χ4n) is 1.90. The molecule has 0 amide bonds. The summed E-state index contributed by atoms with van der Waals surface area (Å²) in [6.07, 6.45) is 0.414. The average Bonchev–Trinajstić information content (AvgIpc) is 2.85. The van der Waals surface area contributed by atoms with Crippen LogP contribution in [-0.2, 0) is 14.8 Å². The summed E-state index contributed by atoms with van der Waals surface area (Å²) in [6, 6.07) is 0. The molecule has 8 heteroatoms. The third kappa shape index (κ3) is 2.56. The van der Waals surface area contributed by atoms with Gasteiger partial charge in [0.25, 0.3) is 0 Å².